The number of nitrogens with zero attached hydrogens (tertiary/aromatic N) is 1. The largest absolute Gasteiger partial charge is 0.478 e. The van der Waals surface area contributed by atoms with Crippen LogP contribution < -0.4 is 13.8 Å². The Kier molecular flexibility index (Phi) is 8.80. The van der Waals surface area contributed by atoms with Gasteiger partial charge in [-0.25, -0.2) is 21.6 Å². The first-order valence-electron chi connectivity index (χ1n) is 12.9. The third-order valence-electron chi connectivity index (χ3n) is 6.65. The molecule has 0 fully saturated rings. The lowest BCUT2D eigenvalue weighted by molar-refractivity contribution is 0.0697. The molecule has 9 nitrogen and oxygen atoms in total. The van der Waals surface area contributed by atoms with Gasteiger partial charge in [0.15, 0.2) is 0 Å². The third kappa shape index (κ3) is 6.67. The lowest BCUT2D eigenvalue weighted by atomic mass is 10.0. The molecule has 0 spiro atoms. The third-order valence-corrected chi connectivity index (χ3v) is 9.94. The number of rotatable bonds is 9. The van der Waals surface area contributed by atoms with Gasteiger partial charge in [0.2, 0.25) is 0 Å². The van der Waals surface area contributed by atoms with E-state index in [9.17, 15) is 26.7 Å². The molecule has 1 aliphatic rings. The molecule has 3 aromatic carbocycles. The van der Waals surface area contributed by atoms with Crippen LogP contribution in [0.1, 0.15) is 41.8 Å². The van der Waals surface area contributed by atoms with Gasteiger partial charge in [-0.3, -0.25) is 9.03 Å². The number of ether oxygens (including phenoxy) is 1. The van der Waals surface area contributed by atoms with Crippen LogP contribution in [0.5, 0.6) is 11.5 Å². The van der Waals surface area contributed by atoms with Crippen molar-refractivity contribution in [1.29, 1.82) is 0 Å². The number of carboxylic acid groups (broad SMARTS) is 1. The minimum Gasteiger partial charge on any atom is -0.478 e. The van der Waals surface area contributed by atoms with Crippen molar-refractivity contribution in [2.75, 3.05) is 15.6 Å². The van der Waals surface area contributed by atoms with Gasteiger partial charge in [0.25, 0.3) is 20.0 Å². The highest BCUT2D eigenvalue weighted by atomic mass is 32.2. The molecule has 0 radical (unpaired) electrons. The highest BCUT2D eigenvalue weighted by Gasteiger charge is 2.29. The number of carbonyl (C=O) groups is 1. The van der Waals surface area contributed by atoms with E-state index in [1.165, 1.54) is 47.6 Å². The van der Waals surface area contributed by atoms with Crippen molar-refractivity contribution in [3.05, 3.63) is 100.0 Å². The first-order valence-corrected chi connectivity index (χ1v) is 15.9. The lowest BCUT2D eigenvalue weighted by Crippen LogP contribution is -2.35. The molecule has 1 aliphatic heterocycles. The number of aryl methyl sites for hydroxylation is 2. The van der Waals surface area contributed by atoms with E-state index in [0.717, 1.165) is 11.1 Å². The number of terminal acetylenes is 1. The Morgan fingerprint density at radius 1 is 1.00 bits per heavy atom. The summed E-state index contributed by atoms with van der Waals surface area (Å²) in [5.74, 6) is 1.65. The van der Waals surface area contributed by atoms with Crippen molar-refractivity contribution in [1.82, 2.24) is 0 Å². The number of hydrogen-bond donors (Lipinski definition) is 2. The molecule has 42 heavy (non-hydrogen) atoms. The zero-order valence-electron chi connectivity index (χ0n) is 23.3. The topological polar surface area (TPSA) is 130 Å². The van der Waals surface area contributed by atoms with E-state index >= 15 is 0 Å². The van der Waals surface area contributed by atoms with Crippen LogP contribution in [0.15, 0.2) is 88.2 Å². The van der Waals surface area contributed by atoms with Gasteiger partial charge in [-0.1, -0.05) is 23.6 Å². The number of fused-ring (bicyclic) bond motifs is 1. The molecule has 0 aliphatic carbocycles. The summed E-state index contributed by atoms with van der Waals surface area (Å²) in [4.78, 5) is 12.2. The summed E-state index contributed by atoms with van der Waals surface area (Å²) in [6, 6.07) is 15.1. The van der Waals surface area contributed by atoms with Crippen molar-refractivity contribution < 1.29 is 31.5 Å². The smallest absolute Gasteiger partial charge is 0.337 e. The molecule has 0 aromatic heterocycles. The molecule has 11 heteroatoms. The molecule has 4 rings (SSSR count). The fraction of sp³-hybridized carbons (Fsp3) is 0.194. The predicted molar refractivity (Wildman–Crippen MR) is 163 cm³/mol. The molecule has 0 unspecified atom stereocenters. The van der Waals surface area contributed by atoms with Crippen LogP contribution in [0.4, 0.5) is 11.4 Å². The maximum Gasteiger partial charge on any atom is 0.337 e. The normalized spacial score (nSPS) is 14.1. The van der Waals surface area contributed by atoms with Crippen LogP contribution in [0.3, 0.4) is 0 Å². The quantitative estimate of drug-likeness (QED) is 0.231. The Morgan fingerprint density at radius 2 is 1.67 bits per heavy atom. The highest BCUT2D eigenvalue weighted by Crippen LogP contribution is 2.36. The van der Waals surface area contributed by atoms with Gasteiger partial charge < -0.3 is 9.84 Å². The molecular weight excluding hydrogens is 576 g/mol. The molecule has 0 bridgehead atoms. The maximum absolute atomic E-state index is 13.3. The minimum atomic E-state index is -4.02. The van der Waals surface area contributed by atoms with Gasteiger partial charge in [0.05, 0.1) is 26.7 Å². The number of aromatic carboxylic acids is 1. The number of nitrogens with one attached hydrogen (secondary N) is 1. The second-order valence-electron chi connectivity index (χ2n) is 9.78. The van der Waals surface area contributed by atoms with E-state index in [-0.39, 0.29) is 26.8 Å². The number of hydrogen-bond acceptors (Lipinski definition) is 6. The van der Waals surface area contributed by atoms with Crippen molar-refractivity contribution in [3.63, 3.8) is 0 Å². The Hall–Kier alpha value is -4.53. The fourth-order valence-corrected chi connectivity index (χ4v) is 6.79. The van der Waals surface area contributed by atoms with Gasteiger partial charge in [0.1, 0.15) is 11.5 Å². The summed E-state index contributed by atoms with van der Waals surface area (Å²) in [6.45, 7) is 5.38. The highest BCUT2D eigenvalue weighted by molar-refractivity contribution is 7.96. The second kappa shape index (κ2) is 12.1. The van der Waals surface area contributed by atoms with Crippen LogP contribution >= 0.6 is 0 Å². The summed E-state index contributed by atoms with van der Waals surface area (Å²) in [5, 5.41) is 9.78. The van der Waals surface area contributed by atoms with E-state index < -0.39 is 26.0 Å². The van der Waals surface area contributed by atoms with E-state index in [4.69, 9.17) is 11.2 Å². The van der Waals surface area contributed by atoms with E-state index in [0.29, 0.717) is 36.4 Å². The first kappa shape index (κ1) is 30.4. The number of benzene rings is 3. The van der Waals surface area contributed by atoms with E-state index in [2.05, 4.69) is 10.6 Å². The Morgan fingerprint density at radius 3 is 2.33 bits per heavy atom. The number of carboxylic acids is 1. The SMILES string of the molecule is C#C/C(C)=C\C=C(/C)S(=O)(=O)N1CCCc2cc(Oc3ccc(NS(=O)(=O)c4ccc(C)cc4)c(C(=O)O)c3)ccc21. The van der Waals surface area contributed by atoms with Crippen molar-refractivity contribution >= 4 is 37.4 Å². The Labute approximate surface area is 246 Å². The molecule has 2 N–H and O–H groups in total. The van der Waals surface area contributed by atoms with Crippen LogP contribution in [0, 0.1) is 19.3 Å². The summed E-state index contributed by atoms with van der Waals surface area (Å²) in [6.07, 6.45) is 9.64. The summed E-state index contributed by atoms with van der Waals surface area (Å²) < 4.78 is 61.9. The standard InChI is InChI=1S/C31H30N2O7S2/c1-5-21(2)8-11-23(4)42(38,39)33-18-6-7-24-19-25(13-17-30(24)33)40-26-12-16-29(28(20-26)31(34)35)32-41(36,37)27-14-9-22(3)10-15-27/h1,8-17,19-20,32H,6-7,18H2,2-4H3,(H,34,35)/b21-8-,23-11+. The maximum atomic E-state index is 13.3. The van der Waals surface area contributed by atoms with E-state index in [1.54, 1.807) is 43.3 Å². The molecular formula is C31H30N2O7S2. The van der Waals surface area contributed by atoms with Gasteiger partial charge in [-0.15, -0.1) is 6.42 Å². The van der Waals surface area contributed by atoms with Crippen molar-refractivity contribution in [3.8, 4) is 23.8 Å². The first-order chi connectivity index (χ1) is 19.8. The molecule has 3 aromatic rings. The average Bonchev–Trinajstić information content (AvgIpc) is 2.95. The number of anilines is 2. The van der Waals surface area contributed by atoms with Crippen LogP contribution in [0.25, 0.3) is 0 Å². The number of sulfonamides is 2. The zero-order chi connectivity index (χ0) is 30.7. The summed E-state index contributed by atoms with van der Waals surface area (Å²) in [7, 11) is -7.81. The fourth-order valence-electron chi connectivity index (χ4n) is 4.31. The van der Waals surface area contributed by atoms with Gasteiger partial charge >= 0.3 is 5.97 Å². The molecule has 0 saturated carbocycles. The molecule has 0 saturated heterocycles. The van der Waals surface area contributed by atoms with Crippen molar-refractivity contribution in [2.24, 2.45) is 0 Å². The summed E-state index contributed by atoms with van der Waals surface area (Å²) in [5.41, 5.74) is 2.37. The molecule has 0 atom stereocenters. The number of allylic oxidation sites excluding steroid dienone is 4. The minimum absolute atomic E-state index is 0.000265. The predicted octanol–water partition coefficient (Wildman–Crippen LogP) is 5.85. The van der Waals surface area contributed by atoms with E-state index in [1.807, 2.05) is 6.92 Å². The second-order valence-corrected chi connectivity index (χ2v) is 13.5. The van der Waals surface area contributed by atoms with Crippen LogP contribution in [0.2, 0.25) is 0 Å². The Bertz CT molecular complexity index is 1850. The van der Waals surface area contributed by atoms with Gasteiger partial charge in [0, 0.05) is 6.54 Å². The van der Waals surface area contributed by atoms with Crippen LogP contribution in [-0.4, -0.2) is 34.5 Å². The van der Waals surface area contributed by atoms with Crippen LogP contribution in [-0.2, 0) is 26.5 Å². The van der Waals surface area contributed by atoms with Gasteiger partial charge in [-0.2, -0.15) is 0 Å². The summed E-state index contributed by atoms with van der Waals surface area (Å²) >= 11 is 0. The molecule has 218 valence electrons. The molecule has 0 amide bonds. The zero-order valence-corrected chi connectivity index (χ0v) is 24.9. The molecule has 1 heterocycles. The monoisotopic (exact) mass is 606 g/mol. The van der Waals surface area contributed by atoms with Crippen molar-refractivity contribution in [2.45, 2.75) is 38.5 Å². The Balaban J connectivity index is 1.59. The lowest BCUT2D eigenvalue weighted by Gasteiger charge is -2.31. The average molecular weight is 607 g/mol. The van der Waals surface area contributed by atoms with Gasteiger partial charge in [-0.05, 0) is 105 Å².